The lowest BCUT2D eigenvalue weighted by Gasteiger charge is -2.23. The quantitative estimate of drug-likeness (QED) is 0.149. The Morgan fingerprint density at radius 3 is 1.20 bits per heavy atom. The molecule has 5 rings (SSSR count). The van der Waals surface area contributed by atoms with Crippen LogP contribution in [0.5, 0.6) is 23.0 Å². The van der Waals surface area contributed by atoms with Gasteiger partial charge in [0.2, 0.25) is 0 Å². The molecule has 0 heterocycles. The normalized spacial score (nSPS) is 11.6. The number of ether oxygens (including phenoxy) is 4. The van der Waals surface area contributed by atoms with Crippen molar-refractivity contribution >= 4 is 16.8 Å². The molecule has 0 saturated carbocycles. The summed E-state index contributed by atoms with van der Waals surface area (Å²) < 4.78 is 22.2. The number of anilines is 1. The van der Waals surface area contributed by atoms with E-state index in [9.17, 15) is 0 Å². The highest BCUT2D eigenvalue weighted by atomic mass is 16.5. The average Bonchev–Trinajstić information content (AvgIpc) is 3.09. The van der Waals surface area contributed by atoms with Gasteiger partial charge in [0.15, 0.2) is 0 Å². The van der Waals surface area contributed by atoms with Crippen molar-refractivity contribution < 1.29 is 18.9 Å². The molecular weight excluding hydrogens is 570 g/mol. The molecule has 0 aliphatic carbocycles. The van der Waals surface area contributed by atoms with Gasteiger partial charge in [0.05, 0.1) is 28.4 Å². The second-order valence-electron chi connectivity index (χ2n) is 11.2. The minimum atomic E-state index is 0.806. The lowest BCUT2D eigenvalue weighted by atomic mass is 9.95. The first-order chi connectivity index (χ1) is 22.3. The maximum atomic E-state index is 5.60. The monoisotopic (exact) mass is 611 g/mol. The van der Waals surface area contributed by atoms with Crippen LogP contribution in [0.4, 0.5) is 5.69 Å². The Morgan fingerprint density at radius 1 is 0.457 bits per heavy atom. The molecule has 0 bridgehead atoms. The van der Waals surface area contributed by atoms with Gasteiger partial charge >= 0.3 is 0 Å². The molecule has 0 radical (unpaired) electrons. The first kappa shape index (κ1) is 32.0. The standard InChI is InChI=1S/C41H41NO4/c1-28-8-16-35(17-9-28)42(26-38(31-10-18-36(43-4)19-11-31)33-14-22-40(45-6)29(2)24-33)27-39(32-12-20-37(44-5)21-13-32)34-15-23-41(46-7)30(3)25-34/h8-27H,1-7H3. The third kappa shape index (κ3) is 7.27. The second-order valence-corrected chi connectivity index (χ2v) is 11.2. The van der Waals surface area contributed by atoms with E-state index in [-0.39, 0.29) is 0 Å². The van der Waals surface area contributed by atoms with Crippen molar-refractivity contribution in [2.75, 3.05) is 33.3 Å². The Morgan fingerprint density at radius 2 is 0.848 bits per heavy atom. The van der Waals surface area contributed by atoms with Crippen molar-refractivity contribution in [3.63, 3.8) is 0 Å². The number of hydrogen-bond donors (Lipinski definition) is 0. The van der Waals surface area contributed by atoms with Gasteiger partial charge in [-0.3, -0.25) is 0 Å². The molecule has 0 aliphatic heterocycles. The third-order valence-electron chi connectivity index (χ3n) is 8.08. The van der Waals surface area contributed by atoms with Crippen LogP contribution in [0.15, 0.2) is 122 Å². The maximum absolute atomic E-state index is 5.60. The number of nitrogens with zero attached hydrogens (tertiary/aromatic N) is 1. The molecule has 0 amide bonds. The van der Waals surface area contributed by atoms with E-state index in [4.69, 9.17) is 18.9 Å². The summed E-state index contributed by atoms with van der Waals surface area (Å²) >= 11 is 0. The first-order valence-electron chi connectivity index (χ1n) is 15.2. The van der Waals surface area contributed by atoms with Crippen molar-refractivity contribution in [1.29, 1.82) is 0 Å². The molecule has 0 unspecified atom stereocenters. The van der Waals surface area contributed by atoms with E-state index >= 15 is 0 Å². The predicted octanol–water partition coefficient (Wildman–Crippen LogP) is 9.63. The van der Waals surface area contributed by atoms with Gasteiger partial charge in [-0.2, -0.15) is 0 Å². The zero-order chi connectivity index (χ0) is 32.6. The highest BCUT2D eigenvalue weighted by Crippen LogP contribution is 2.34. The molecule has 0 N–H and O–H groups in total. The number of benzene rings is 5. The summed E-state index contributed by atoms with van der Waals surface area (Å²) in [6, 6.07) is 37.5. The van der Waals surface area contributed by atoms with Gasteiger partial charge in [-0.1, -0.05) is 54.1 Å². The zero-order valence-corrected chi connectivity index (χ0v) is 27.6. The fraction of sp³-hybridized carbons (Fsp3) is 0.171. The Labute approximate surface area is 273 Å². The fourth-order valence-electron chi connectivity index (χ4n) is 5.45. The highest BCUT2D eigenvalue weighted by Gasteiger charge is 2.15. The largest absolute Gasteiger partial charge is 0.497 e. The van der Waals surface area contributed by atoms with E-state index in [1.165, 1.54) is 5.56 Å². The summed E-state index contributed by atoms with van der Waals surface area (Å²) in [5, 5.41) is 0. The Hall–Kier alpha value is -5.42. The molecule has 234 valence electrons. The molecule has 5 nitrogen and oxygen atoms in total. The Bertz CT molecular complexity index is 1720. The molecule has 0 aliphatic rings. The zero-order valence-electron chi connectivity index (χ0n) is 27.6. The predicted molar refractivity (Wildman–Crippen MR) is 189 cm³/mol. The summed E-state index contributed by atoms with van der Waals surface area (Å²) in [4.78, 5) is 2.21. The number of methoxy groups -OCH3 is 4. The molecule has 46 heavy (non-hydrogen) atoms. The third-order valence-corrected chi connectivity index (χ3v) is 8.08. The van der Waals surface area contributed by atoms with Gasteiger partial charge in [0, 0.05) is 29.2 Å². The van der Waals surface area contributed by atoms with Crippen molar-refractivity contribution in [3.05, 3.63) is 161 Å². The van der Waals surface area contributed by atoms with Crippen LogP contribution in [0.1, 0.15) is 38.9 Å². The van der Waals surface area contributed by atoms with E-state index in [0.717, 1.165) is 73.2 Å². The Kier molecular flexibility index (Phi) is 10.1. The van der Waals surface area contributed by atoms with E-state index in [1.807, 2.05) is 36.4 Å². The van der Waals surface area contributed by atoms with Gasteiger partial charge in [-0.15, -0.1) is 0 Å². The Balaban J connectivity index is 1.78. The van der Waals surface area contributed by atoms with Crippen molar-refractivity contribution in [3.8, 4) is 23.0 Å². The van der Waals surface area contributed by atoms with Crippen LogP contribution in [-0.4, -0.2) is 28.4 Å². The maximum Gasteiger partial charge on any atom is 0.121 e. The van der Waals surface area contributed by atoms with Gasteiger partial charge in [-0.25, -0.2) is 0 Å². The molecule has 0 atom stereocenters. The van der Waals surface area contributed by atoms with Gasteiger partial charge in [0.25, 0.3) is 0 Å². The summed E-state index contributed by atoms with van der Waals surface area (Å²) in [5.74, 6) is 3.32. The summed E-state index contributed by atoms with van der Waals surface area (Å²) in [5.41, 5.74) is 10.7. The van der Waals surface area contributed by atoms with E-state index in [0.29, 0.717) is 0 Å². The minimum absolute atomic E-state index is 0.806. The molecule has 5 aromatic carbocycles. The van der Waals surface area contributed by atoms with E-state index < -0.39 is 0 Å². The van der Waals surface area contributed by atoms with Gasteiger partial charge in [0.1, 0.15) is 23.0 Å². The van der Waals surface area contributed by atoms with Crippen LogP contribution in [0.2, 0.25) is 0 Å². The number of hydrogen-bond acceptors (Lipinski definition) is 5. The molecule has 5 aromatic rings. The first-order valence-corrected chi connectivity index (χ1v) is 15.2. The summed E-state index contributed by atoms with van der Waals surface area (Å²) in [6.07, 6.45) is 4.40. The fourth-order valence-corrected chi connectivity index (χ4v) is 5.45. The average molecular weight is 612 g/mol. The number of rotatable bonds is 11. The molecule has 0 fully saturated rings. The van der Waals surface area contributed by atoms with E-state index in [1.54, 1.807) is 28.4 Å². The van der Waals surface area contributed by atoms with Crippen LogP contribution in [0, 0.1) is 20.8 Å². The van der Waals surface area contributed by atoms with E-state index in [2.05, 4.69) is 111 Å². The molecule has 5 heteroatoms. The van der Waals surface area contributed by atoms with Crippen LogP contribution in [0.3, 0.4) is 0 Å². The van der Waals surface area contributed by atoms with Crippen molar-refractivity contribution in [2.24, 2.45) is 0 Å². The van der Waals surface area contributed by atoms with Crippen LogP contribution in [-0.2, 0) is 0 Å². The number of aryl methyl sites for hydroxylation is 3. The molecule has 0 aromatic heterocycles. The van der Waals surface area contributed by atoms with Gasteiger partial charge in [-0.05, 0) is 115 Å². The minimum Gasteiger partial charge on any atom is -0.497 e. The topological polar surface area (TPSA) is 40.2 Å². The van der Waals surface area contributed by atoms with Crippen molar-refractivity contribution in [1.82, 2.24) is 0 Å². The van der Waals surface area contributed by atoms with Gasteiger partial charge < -0.3 is 23.8 Å². The lowest BCUT2D eigenvalue weighted by molar-refractivity contribution is 0.411. The molecule has 0 spiro atoms. The van der Waals surface area contributed by atoms with Crippen molar-refractivity contribution in [2.45, 2.75) is 20.8 Å². The van der Waals surface area contributed by atoms with Crippen LogP contribution in [0.25, 0.3) is 11.1 Å². The van der Waals surface area contributed by atoms with Crippen LogP contribution >= 0.6 is 0 Å². The molecule has 0 saturated heterocycles. The SMILES string of the molecule is COc1ccc(C(=CN(C=C(c2ccc(OC)cc2)c2ccc(OC)c(C)c2)c2ccc(C)cc2)c2ccc(OC)c(C)c2)cc1. The smallest absolute Gasteiger partial charge is 0.121 e. The highest BCUT2D eigenvalue weighted by molar-refractivity contribution is 5.86. The second kappa shape index (κ2) is 14.6. The lowest BCUT2D eigenvalue weighted by Crippen LogP contribution is -2.11. The van der Waals surface area contributed by atoms with Crippen LogP contribution < -0.4 is 23.8 Å². The molecular formula is C41H41NO4. The summed E-state index contributed by atoms with van der Waals surface area (Å²) in [7, 11) is 6.77. The summed E-state index contributed by atoms with van der Waals surface area (Å²) in [6.45, 7) is 6.24.